The van der Waals surface area contributed by atoms with Crippen molar-refractivity contribution in [3.8, 4) is 0 Å². The summed E-state index contributed by atoms with van der Waals surface area (Å²) in [6.07, 6.45) is 1.18. The standard InChI is InChI=1S/C11H13BrClNO/c1-8-5-9(12)7-10(6-8)14-11(15)3-2-4-13/h5-7H,2-4H2,1H3,(H,14,15). The molecule has 0 atom stereocenters. The van der Waals surface area contributed by atoms with E-state index in [2.05, 4.69) is 21.2 Å². The molecular formula is C11H13BrClNO. The smallest absolute Gasteiger partial charge is 0.224 e. The first-order valence-electron chi connectivity index (χ1n) is 4.75. The predicted molar refractivity (Wildman–Crippen MR) is 67.5 cm³/mol. The maximum Gasteiger partial charge on any atom is 0.224 e. The first kappa shape index (κ1) is 12.5. The first-order valence-corrected chi connectivity index (χ1v) is 6.07. The van der Waals surface area contributed by atoms with Crippen molar-refractivity contribution in [2.45, 2.75) is 19.8 Å². The second-order valence-electron chi connectivity index (χ2n) is 3.36. The van der Waals surface area contributed by atoms with Gasteiger partial charge in [0.25, 0.3) is 0 Å². The third-order valence-corrected chi connectivity index (χ3v) is 2.59. The normalized spacial score (nSPS) is 10.1. The van der Waals surface area contributed by atoms with Crippen LogP contribution in [-0.4, -0.2) is 11.8 Å². The van der Waals surface area contributed by atoms with E-state index in [0.717, 1.165) is 15.7 Å². The second kappa shape index (κ2) is 6.13. The lowest BCUT2D eigenvalue weighted by atomic mass is 10.2. The van der Waals surface area contributed by atoms with Gasteiger partial charge in [-0.3, -0.25) is 4.79 Å². The van der Waals surface area contributed by atoms with E-state index in [1.807, 2.05) is 25.1 Å². The van der Waals surface area contributed by atoms with Crippen molar-refractivity contribution < 1.29 is 4.79 Å². The summed E-state index contributed by atoms with van der Waals surface area (Å²) in [5, 5.41) is 2.83. The molecule has 0 unspecified atom stereocenters. The summed E-state index contributed by atoms with van der Waals surface area (Å²) in [7, 11) is 0. The third-order valence-electron chi connectivity index (χ3n) is 1.86. The number of nitrogens with one attached hydrogen (secondary N) is 1. The minimum absolute atomic E-state index is 0.00755. The van der Waals surface area contributed by atoms with Crippen molar-refractivity contribution in [2.75, 3.05) is 11.2 Å². The number of hydrogen-bond acceptors (Lipinski definition) is 1. The fourth-order valence-electron chi connectivity index (χ4n) is 1.26. The van der Waals surface area contributed by atoms with Crippen LogP contribution in [0.5, 0.6) is 0 Å². The lowest BCUT2D eigenvalue weighted by Crippen LogP contribution is -2.11. The monoisotopic (exact) mass is 289 g/mol. The van der Waals surface area contributed by atoms with Crippen LogP contribution in [0, 0.1) is 6.92 Å². The van der Waals surface area contributed by atoms with Gasteiger partial charge in [0.2, 0.25) is 5.91 Å². The van der Waals surface area contributed by atoms with Gasteiger partial charge in [-0.25, -0.2) is 0 Å². The lowest BCUT2D eigenvalue weighted by molar-refractivity contribution is -0.116. The molecule has 1 aromatic rings. The summed E-state index contributed by atoms with van der Waals surface area (Å²) in [6, 6.07) is 5.81. The number of rotatable bonds is 4. The van der Waals surface area contributed by atoms with Crippen LogP contribution in [-0.2, 0) is 4.79 Å². The molecule has 0 saturated carbocycles. The maximum absolute atomic E-state index is 11.4. The Morgan fingerprint density at radius 1 is 1.47 bits per heavy atom. The van der Waals surface area contributed by atoms with Gasteiger partial charge in [-0.2, -0.15) is 0 Å². The highest BCUT2D eigenvalue weighted by atomic mass is 79.9. The Morgan fingerprint density at radius 2 is 2.20 bits per heavy atom. The topological polar surface area (TPSA) is 29.1 Å². The van der Waals surface area contributed by atoms with E-state index in [1.165, 1.54) is 0 Å². The average Bonchev–Trinajstić information content (AvgIpc) is 2.13. The summed E-state index contributed by atoms with van der Waals surface area (Å²) in [6.45, 7) is 1.99. The lowest BCUT2D eigenvalue weighted by Gasteiger charge is -2.06. The number of carbonyl (C=O) groups excluding carboxylic acids is 1. The molecule has 0 aliphatic rings. The number of alkyl halides is 1. The number of anilines is 1. The van der Waals surface area contributed by atoms with Crippen molar-refractivity contribution in [3.63, 3.8) is 0 Å². The third kappa shape index (κ3) is 4.67. The predicted octanol–water partition coefficient (Wildman–Crippen LogP) is 3.72. The van der Waals surface area contributed by atoms with E-state index in [0.29, 0.717) is 18.7 Å². The minimum atomic E-state index is 0.00755. The fraction of sp³-hybridized carbons (Fsp3) is 0.364. The van der Waals surface area contributed by atoms with Crippen LogP contribution in [0.4, 0.5) is 5.69 Å². The van der Waals surface area contributed by atoms with Crippen LogP contribution < -0.4 is 5.32 Å². The molecule has 0 radical (unpaired) electrons. The zero-order valence-electron chi connectivity index (χ0n) is 8.52. The number of hydrogen-bond donors (Lipinski definition) is 1. The molecule has 0 heterocycles. The average molecular weight is 291 g/mol. The Bertz CT molecular complexity index is 334. The molecule has 1 amide bonds. The molecule has 2 nitrogen and oxygen atoms in total. The Morgan fingerprint density at radius 3 is 2.80 bits per heavy atom. The fourth-order valence-corrected chi connectivity index (χ4v) is 2.00. The molecule has 1 aromatic carbocycles. The van der Waals surface area contributed by atoms with Gasteiger partial charge >= 0.3 is 0 Å². The van der Waals surface area contributed by atoms with Gasteiger partial charge in [-0.1, -0.05) is 15.9 Å². The Labute approximate surface area is 103 Å². The van der Waals surface area contributed by atoms with E-state index in [9.17, 15) is 4.79 Å². The maximum atomic E-state index is 11.4. The Hall–Kier alpha value is -0.540. The molecule has 0 fully saturated rings. The first-order chi connectivity index (χ1) is 7.11. The van der Waals surface area contributed by atoms with E-state index in [4.69, 9.17) is 11.6 Å². The highest BCUT2D eigenvalue weighted by molar-refractivity contribution is 9.10. The molecule has 0 bridgehead atoms. The summed E-state index contributed by atoms with van der Waals surface area (Å²) in [5.74, 6) is 0.526. The SMILES string of the molecule is Cc1cc(Br)cc(NC(=O)CCCCl)c1. The van der Waals surface area contributed by atoms with Gasteiger partial charge in [0, 0.05) is 22.5 Å². The minimum Gasteiger partial charge on any atom is -0.326 e. The van der Waals surface area contributed by atoms with Crippen LogP contribution >= 0.6 is 27.5 Å². The van der Waals surface area contributed by atoms with Crippen molar-refractivity contribution in [3.05, 3.63) is 28.2 Å². The van der Waals surface area contributed by atoms with Crippen molar-refractivity contribution in [2.24, 2.45) is 0 Å². The van der Waals surface area contributed by atoms with Crippen LogP contribution in [0.25, 0.3) is 0 Å². The van der Waals surface area contributed by atoms with E-state index in [1.54, 1.807) is 0 Å². The molecule has 1 rings (SSSR count). The molecule has 1 N–H and O–H groups in total. The number of amides is 1. The molecule has 0 aliphatic heterocycles. The summed E-state index contributed by atoms with van der Waals surface area (Å²) >= 11 is 8.89. The van der Waals surface area contributed by atoms with E-state index >= 15 is 0 Å². The Kier molecular flexibility index (Phi) is 5.12. The summed E-state index contributed by atoms with van der Waals surface area (Å²) in [4.78, 5) is 11.4. The van der Waals surface area contributed by atoms with Gasteiger partial charge in [0.15, 0.2) is 0 Å². The van der Waals surface area contributed by atoms with Crippen molar-refractivity contribution in [1.29, 1.82) is 0 Å². The zero-order chi connectivity index (χ0) is 11.3. The van der Waals surface area contributed by atoms with Crippen molar-refractivity contribution in [1.82, 2.24) is 0 Å². The largest absolute Gasteiger partial charge is 0.326 e. The number of benzene rings is 1. The van der Waals surface area contributed by atoms with Gasteiger partial charge in [0.1, 0.15) is 0 Å². The second-order valence-corrected chi connectivity index (χ2v) is 4.65. The number of carbonyl (C=O) groups is 1. The van der Waals surface area contributed by atoms with Gasteiger partial charge in [-0.15, -0.1) is 11.6 Å². The van der Waals surface area contributed by atoms with E-state index < -0.39 is 0 Å². The highest BCUT2D eigenvalue weighted by Crippen LogP contribution is 2.19. The molecule has 15 heavy (non-hydrogen) atoms. The van der Waals surface area contributed by atoms with Crippen molar-refractivity contribution >= 4 is 39.1 Å². The molecule has 4 heteroatoms. The number of aryl methyl sites for hydroxylation is 1. The van der Waals surface area contributed by atoms with Crippen LogP contribution in [0.2, 0.25) is 0 Å². The molecule has 0 aromatic heterocycles. The quantitative estimate of drug-likeness (QED) is 0.841. The van der Waals surface area contributed by atoms with Gasteiger partial charge in [0.05, 0.1) is 0 Å². The highest BCUT2D eigenvalue weighted by Gasteiger charge is 2.02. The molecular weight excluding hydrogens is 277 g/mol. The van der Waals surface area contributed by atoms with Crippen LogP contribution in [0.3, 0.4) is 0 Å². The van der Waals surface area contributed by atoms with Crippen LogP contribution in [0.1, 0.15) is 18.4 Å². The van der Waals surface area contributed by atoms with Gasteiger partial charge < -0.3 is 5.32 Å². The van der Waals surface area contributed by atoms with Gasteiger partial charge in [-0.05, 0) is 37.1 Å². The van der Waals surface area contributed by atoms with Crippen LogP contribution in [0.15, 0.2) is 22.7 Å². The molecule has 82 valence electrons. The summed E-state index contributed by atoms with van der Waals surface area (Å²) in [5.41, 5.74) is 1.93. The Balaban J connectivity index is 2.60. The molecule has 0 saturated heterocycles. The zero-order valence-corrected chi connectivity index (χ0v) is 10.9. The molecule has 0 spiro atoms. The summed E-state index contributed by atoms with van der Waals surface area (Å²) < 4.78 is 0.968. The molecule has 0 aliphatic carbocycles. The van der Waals surface area contributed by atoms with E-state index in [-0.39, 0.29) is 5.91 Å². The number of halogens is 2.